The lowest BCUT2D eigenvalue weighted by Gasteiger charge is -2.33. The van der Waals surface area contributed by atoms with Crippen LogP contribution in [0.5, 0.6) is 0 Å². The largest absolute Gasteiger partial charge is 0.325 e. The zero-order valence-electron chi connectivity index (χ0n) is 17.6. The van der Waals surface area contributed by atoms with Gasteiger partial charge in [0, 0.05) is 17.8 Å². The molecular formula is C23H28N2O4S. The quantitative estimate of drug-likeness (QED) is 0.699. The van der Waals surface area contributed by atoms with Gasteiger partial charge in [-0.2, -0.15) is 4.31 Å². The van der Waals surface area contributed by atoms with Crippen molar-refractivity contribution in [1.29, 1.82) is 0 Å². The predicted octanol–water partition coefficient (Wildman–Crippen LogP) is 4.19. The molecule has 0 aliphatic carbocycles. The fraction of sp³-hybridized carbons (Fsp3) is 0.391. The highest BCUT2D eigenvalue weighted by molar-refractivity contribution is 7.89. The van der Waals surface area contributed by atoms with Crippen molar-refractivity contribution < 1.29 is 18.0 Å². The number of sulfonamides is 1. The van der Waals surface area contributed by atoms with Gasteiger partial charge in [0.15, 0.2) is 5.78 Å². The monoisotopic (exact) mass is 428 g/mol. The first-order valence-corrected chi connectivity index (χ1v) is 11.7. The van der Waals surface area contributed by atoms with Crippen LogP contribution in [0.1, 0.15) is 61.9 Å². The molecule has 1 amide bonds. The Bertz CT molecular complexity index is 1010. The van der Waals surface area contributed by atoms with Crippen LogP contribution in [0.4, 0.5) is 5.69 Å². The number of hydrogen-bond acceptors (Lipinski definition) is 4. The average molecular weight is 429 g/mol. The first-order chi connectivity index (χ1) is 14.2. The Kier molecular flexibility index (Phi) is 6.73. The number of hydrogen-bond donors (Lipinski definition) is 1. The van der Waals surface area contributed by atoms with Crippen molar-refractivity contribution in [2.24, 2.45) is 0 Å². The molecule has 1 aliphatic rings. The topological polar surface area (TPSA) is 83.6 Å². The second kappa shape index (κ2) is 9.10. The Morgan fingerprint density at radius 3 is 2.20 bits per heavy atom. The maximum absolute atomic E-state index is 13.2. The van der Waals surface area contributed by atoms with E-state index in [0.717, 1.165) is 6.42 Å². The number of carbonyl (C=O) groups excluding carboxylic acids is 2. The molecule has 6 nitrogen and oxygen atoms in total. The second-order valence-corrected chi connectivity index (χ2v) is 9.86. The van der Waals surface area contributed by atoms with Crippen LogP contribution in [-0.4, -0.2) is 37.0 Å². The summed E-state index contributed by atoms with van der Waals surface area (Å²) in [5, 5.41) is 2.87. The van der Waals surface area contributed by atoms with Gasteiger partial charge >= 0.3 is 0 Å². The summed E-state index contributed by atoms with van der Waals surface area (Å²) in [6, 6.07) is 12.7. The van der Waals surface area contributed by atoms with E-state index in [2.05, 4.69) is 19.2 Å². The Hall–Kier alpha value is -2.51. The van der Waals surface area contributed by atoms with Crippen molar-refractivity contribution in [3.63, 3.8) is 0 Å². The molecule has 1 saturated heterocycles. The number of nitrogens with one attached hydrogen (secondary N) is 1. The number of nitrogens with zero attached hydrogens (tertiary/aromatic N) is 1. The molecule has 30 heavy (non-hydrogen) atoms. The molecule has 0 bridgehead atoms. The molecule has 0 aromatic heterocycles. The van der Waals surface area contributed by atoms with Crippen molar-refractivity contribution in [1.82, 2.24) is 4.31 Å². The van der Waals surface area contributed by atoms with Crippen molar-refractivity contribution in [2.45, 2.75) is 56.9 Å². The van der Waals surface area contributed by atoms with Crippen LogP contribution >= 0.6 is 0 Å². The number of rotatable bonds is 6. The van der Waals surface area contributed by atoms with E-state index in [1.807, 2.05) is 24.3 Å². The third kappa shape index (κ3) is 4.79. The van der Waals surface area contributed by atoms with Gasteiger partial charge in [-0.05, 0) is 55.5 Å². The maximum Gasteiger partial charge on any atom is 0.243 e. The minimum absolute atomic E-state index is 0.0912. The summed E-state index contributed by atoms with van der Waals surface area (Å²) in [7, 11) is -3.85. The number of Topliss-reactive ketones (excluding diaryl/α,β-unsaturated/α-hetero) is 1. The Labute approximate surface area is 178 Å². The van der Waals surface area contributed by atoms with E-state index in [0.29, 0.717) is 36.6 Å². The Morgan fingerprint density at radius 2 is 1.63 bits per heavy atom. The van der Waals surface area contributed by atoms with E-state index in [1.165, 1.54) is 41.1 Å². The summed E-state index contributed by atoms with van der Waals surface area (Å²) in [5.74, 6) is -0.0586. The van der Waals surface area contributed by atoms with Crippen molar-refractivity contribution in [3.8, 4) is 0 Å². The highest BCUT2D eigenvalue weighted by Gasteiger charge is 2.37. The number of piperidine rings is 1. The van der Waals surface area contributed by atoms with Gasteiger partial charge in [0.1, 0.15) is 6.04 Å². The molecule has 0 radical (unpaired) electrons. The molecule has 2 aromatic rings. The van der Waals surface area contributed by atoms with Crippen molar-refractivity contribution >= 4 is 27.4 Å². The molecule has 0 spiro atoms. The lowest BCUT2D eigenvalue weighted by atomic mass is 10.0. The zero-order valence-corrected chi connectivity index (χ0v) is 18.4. The Morgan fingerprint density at radius 1 is 1.00 bits per heavy atom. The number of amides is 1. The molecule has 160 valence electrons. The van der Waals surface area contributed by atoms with E-state index in [-0.39, 0.29) is 16.6 Å². The first kappa shape index (κ1) is 22.2. The number of carbonyl (C=O) groups is 2. The molecule has 1 N–H and O–H groups in total. The molecule has 1 fully saturated rings. The van der Waals surface area contributed by atoms with E-state index < -0.39 is 16.1 Å². The van der Waals surface area contributed by atoms with E-state index in [9.17, 15) is 18.0 Å². The van der Waals surface area contributed by atoms with Gasteiger partial charge in [-0.1, -0.05) is 44.5 Å². The third-order valence-corrected chi connectivity index (χ3v) is 7.39. The van der Waals surface area contributed by atoms with Gasteiger partial charge in [-0.25, -0.2) is 8.42 Å². The van der Waals surface area contributed by atoms with Crippen LogP contribution in [0.25, 0.3) is 0 Å². The SMILES string of the molecule is CC(=O)c1ccc(S(=O)(=O)N2CCCCC2C(=O)Nc2ccc(C(C)C)cc2)cc1. The lowest BCUT2D eigenvalue weighted by molar-refractivity contribution is -0.120. The van der Waals surface area contributed by atoms with Crippen molar-refractivity contribution in [3.05, 3.63) is 59.7 Å². The van der Waals surface area contributed by atoms with Gasteiger partial charge < -0.3 is 5.32 Å². The molecule has 0 saturated carbocycles. The predicted molar refractivity (Wildman–Crippen MR) is 117 cm³/mol. The highest BCUT2D eigenvalue weighted by Crippen LogP contribution is 2.27. The maximum atomic E-state index is 13.2. The molecule has 7 heteroatoms. The lowest BCUT2D eigenvalue weighted by Crippen LogP contribution is -2.49. The molecule has 1 atom stereocenters. The van der Waals surface area contributed by atoms with Gasteiger partial charge in [-0.15, -0.1) is 0 Å². The first-order valence-electron chi connectivity index (χ1n) is 10.2. The van der Waals surface area contributed by atoms with E-state index >= 15 is 0 Å². The molecule has 2 aromatic carbocycles. The number of ketones is 1. The fourth-order valence-electron chi connectivity index (χ4n) is 3.63. The summed E-state index contributed by atoms with van der Waals surface area (Å²) < 4.78 is 27.7. The normalized spacial score (nSPS) is 17.7. The van der Waals surface area contributed by atoms with Crippen molar-refractivity contribution in [2.75, 3.05) is 11.9 Å². The Balaban J connectivity index is 1.81. The molecule has 1 unspecified atom stereocenters. The summed E-state index contributed by atoms with van der Waals surface area (Å²) in [4.78, 5) is 24.5. The third-order valence-electron chi connectivity index (χ3n) is 5.47. The minimum Gasteiger partial charge on any atom is -0.325 e. The minimum atomic E-state index is -3.85. The standard InChI is InChI=1S/C23H28N2O4S/c1-16(2)18-7-11-20(12-8-18)24-23(27)22-6-4-5-15-25(22)30(28,29)21-13-9-19(10-14-21)17(3)26/h7-14,16,22H,4-6,15H2,1-3H3,(H,24,27). The summed E-state index contributed by atoms with van der Waals surface area (Å²) >= 11 is 0. The van der Waals surface area contributed by atoms with Gasteiger partial charge in [0.2, 0.25) is 15.9 Å². The average Bonchev–Trinajstić information content (AvgIpc) is 2.74. The van der Waals surface area contributed by atoms with Gasteiger partial charge in [0.25, 0.3) is 0 Å². The number of anilines is 1. The summed E-state index contributed by atoms with van der Waals surface area (Å²) in [6.45, 7) is 5.92. The van der Waals surface area contributed by atoms with Crippen LogP contribution in [-0.2, 0) is 14.8 Å². The van der Waals surface area contributed by atoms with E-state index in [4.69, 9.17) is 0 Å². The molecule has 3 rings (SSSR count). The van der Waals surface area contributed by atoms with E-state index in [1.54, 1.807) is 0 Å². The molecule has 1 aliphatic heterocycles. The molecule has 1 heterocycles. The second-order valence-electron chi connectivity index (χ2n) is 7.97. The van der Waals surface area contributed by atoms with Crippen LogP contribution in [0.15, 0.2) is 53.4 Å². The van der Waals surface area contributed by atoms with Gasteiger partial charge in [0.05, 0.1) is 4.90 Å². The zero-order chi connectivity index (χ0) is 21.9. The molecular weight excluding hydrogens is 400 g/mol. The summed E-state index contributed by atoms with van der Waals surface area (Å²) in [5.41, 5.74) is 2.27. The van der Waals surface area contributed by atoms with Crippen LogP contribution in [0, 0.1) is 0 Å². The summed E-state index contributed by atoms with van der Waals surface area (Å²) in [6.07, 6.45) is 1.97. The van der Waals surface area contributed by atoms with Crippen LogP contribution in [0.2, 0.25) is 0 Å². The number of benzene rings is 2. The van der Waals surface area contributed by atoms with Crippen LogP contribution < -0.4 is 5.32 Å². The van der Waals surface area contributed by atoms with Crippen LogP contribution in [0.3, 0.4) is 0 Å². The highest BCUT2D eigenvalue weighted by atomic mass is 32.2. The fourth-order valence-corrected chi connectivity index (χ4v) is 5.29. The smallest absolute Gasteiger partial charge is 0.243 e. The van der Waals surface area contributed by atoms with Gasteiger partial charge in [-0.3, -0.25) is 9.59 Å².